The summed E-state index contributed by atoms with van der Waals surface area (Å²) in [4.78, 5) is 38.5. The van der Waals surface area contributed by atoms with Gasteiger partial charge in [0.2, 0.25) is 5.91 Å². The van der Waals surface area contributed by atoms with Gasteiger partial charge in [-0.2, -0.15) is 0 Å². The van der Waals surface area contributed by atoms with Gasteiger partial charge in [-0.25, -0.2) is 4.79 Å². The molecule has 1 N–H and O–H groups in total. The summed E-state index contributed by atoms with van der Waals surface area (Å²) in [6, 6.07) is -0.622. The fraction of sp³-hybridized carbons (Fsp3) is 0.769. The van der Waals surface area contributed by atoms with Crippen LogP contribution in [-0.4, -0.2) is 52.8 Å². The Morgan fingerprint density at radius 2 is 2.05 bits per heavy atom. The molecule has 0 saturated carbocycles. The molecule has 2 fully saturated rings. The van der Waals surface area contributed by atoms with Crippen molar-refractivity contribution in [2.45, 2.75) is 45.7 Å². The lowest BCUT2D eigenvalue weighted by Crippen LogP contribution is -2.45. The van der Waals surface area contributed by atoms with Gasteiger partial charge in [-0.05, 0) is 25.7 Å². The van der Waals surface area contributed by atoms with Crippen LogP contribution in [0.3, 0.4) is 0 Å². The minimum atomic E-state index is -0.331. The van der Waals surface area contributed by atoms with Gasteiger partial charge >= 0.3 is 6.03 Å². The van der Waals surface area contributed by atoms with Crippen LogP contribution in [0.5, 0.6) is 0 Å². The summed E-state index contributed by atoms with van der Waals surface area (Å²) < 4.78 is 0. The van der Waals surface area contributed by atoms with Gasteiger partial charge in [0.05, 0.1) is 0 Å². The number of nitrogens with one attached hydrogen (secondary N) is 1. The van der Waals surface area contributed by atoms with Crippen LogP contribution in [-0.2, 0) is 9.59 Å². The van der Waals surface area contributed by atoms with Crippen molar-refractivity contribution in [2.24, 2.45) is 5.92 Å². The van der Waals surface area contributed by atoms with Crippen LogP contribution in [0.25, 0.3) is 0 Å². The maximum absolute atomic E-state index is 12.0. The van der Waals surface area contributed by atoms with Crippen LogP contribution in [0.15, 0.2) is 0 Å². The van der Waals surface area contributed by atoms with Crippen molar-refractivity contribution in [3.63, 3.8) is 0 Å². The number of hydrogen-bond donors (Lipinski definition) is 1. The van der Waals surface area contributed by atoms with Crippen LogP contribution in [0, 0.1) is 5.92 Å². The van der Waals surface area contributed by atoms with Crippen molar-refractivity contribution >= 4 is 17.8 Å². The Bertz CT molecular complexity index is 386. The zero-order chi connectivity index (χ0) is 14.2. The first kappa shape index (κ1) is 13.8. The Morgan fingerprint density at radius 3 is 2.63 bits per heavy atom. The lowest BCUT2D eigenvalue weighted by Gasteiger charge is -2.20. The molecule has 106 valence electrons. The monoisotopic (exact) mass is 267 g/mol. The van der Waals surface area contributed by atoms with Crippen LogP contribution in [0.2, 0.25) is 0 Å². The Hall–Kier alpha value is -1.59. The second kappa shape index (κ2) is 5.19. The van der Waals surface area contributed by atoms with E-state index in [4.69, 9.17) is 0 Å². The van der Waals surface area contributed by atoms with Crippen LogP contribution < -0.4 is 5.32 Å². The van der Waals surface area contributed by atoms with Gasteiger partial charge in [-0.1, -0.05) is 13.8 Å². The summed E-state index contributed by atoms with van der Waals surface area (Å²) in [7, 11) is 0. The number of rotatable bonds is 4. The first-order valence-electron chi connectivity index (χ1n) is 6.83. The SMILES string of the molecule is CC(C)C(C)NC(=O)CN1C(=O)C2CCCN2C1=O. The summed E-state index contributed by atoms with van der Waals surface area (Å²) in [5, 5.41) is 2.81. The molecule has 6 nitrogen and oxygen atoms in total. The molecular weight excluding hydrogens is 246 g/mol. The number of hydrogen-bond acceptors (Lipinski definition) is 3. The van der Waals surface area contributed by atoms with Crippen molar-refractivity contribution in [1.82, 2.24) is 15.1 Å². The van der Waals surface area contributed by atoms with E-state index in [-0.39, 0.29) is 36.5 Å². The normalized spacial score (nSPS) is 24.1. The fourth-order valence-corrected chi connectivity index (χ4v) is 2.44. The topological polar surface area (TPSA) is 69.7 Å². The number of imide groups is 1. The minimum Gasteiger partial charge on any atom is -0.352 e. The number of carbonyl (C=O) groups is 3. The van der Waals surface area contributed by atoms with Crippen molar-refractivity contribution in [3.8, 4) is 0 Å². The molecule has 2 saturated heterocycles. The highest BCUT2D eigenvalue weighted by Gasteiger charge is 2.47. The first-order chi connectivity index (χ1) is 8.91. The van der Waals surface area contributed by atoms with Gasteiger partial charge in [-0.3, -0.25) is 14.5 Å². The number of nitrogens with zero attached hydrogens (tertiary/aromatic N) is 2. The molecule has 2 aliphatic rings. The molecule has 0 radical (unpaired) electrons. The highest BCUT2D eigenvalue weighted by Crippen LogP contribution is 2.26. The third kappa shape index (κ3) is 2.57. The van der Waals surface area contributed by atoms with Gasteiger partial charge in [0.25, 0.3) is 5.91 Å². The smallest absolute Gasteiger partial charge is 0.327 e. The molecule has 0 aliphatic carbocycles. The first-order valence-corrected chi connectivity index (χ1v) is 6.83. The molecule has 2 unspecified atom stereocenters. The van der Waals surface area contributed by atoms with E-state index in [0.29, 0.717) is 18.9 Å². The number of urea groups is 1. The summed E-state index contributed by atoms with van der Waals surface area (Å²) in [5.74, 6) is -0.184. The van der Waals surface area contributed by atoms with Gasteiger partial charge < -0.3 is 10.2 Å². The molecule has 0 aromatic heterocycles. The lowest BCUT2D eigenvalue weighted by molar-refractivity contribution is -0.132. The number of amides is 4. The molecule has 2 atom stereocenters. The Morgan fingerprint density at radius 1 is 1.37 bits per heavy atom. The molecule has 2 aliphatic heterocycles. The van der Waals surface area contributed by atoms with E-state index >= 15 is 0 Å². The summed E-state index contributed by atoms with van der Waals surface area (Å²) in [6.07, 6.45) is 1.58. The summed E-state index contributed by atoms with van der Waals surface area (Å²) >= 11 is 0. The van der Waals surface area contributed by atoms with E-state index in [0.717, 1.165) is 11.3 Å². The zero-order valence-corrected chi connectivity index (χ0v) is 11.7. The van der Waals surface area contributed by atoms with Crippen molar-refractivity contribution < 1.29 is 14.4 Å². The largest absolute Gasteiger partial charge is 0.352 e. The van der Waals surface area contributed by atoms with E-state index in [9.17, 15) is 14.4 Å². The molecule has 0 bridgehead atoms. The Kier molecular flexibility index (Phi) is 3.78. The van der Waals surface area contributed by atoms with E-state index < -0.39 is 0 Å². The summed E-state index contributed by atoms with van der Waals surface area (Å²) in [6.45, 7) is 6.38. The third-order valence-electron chi connectivity index (χ3n) is 3.97. The lowest BCUT2D eigenvalue weighted by atomic mass is 10.1. The maximum Gasteiger partial charge on any atom is 0.327 e. The van der Waals surface area contributed by atoms with Crippen LogP contribution in [0.4, 0.5) is 4.79 Å². The molecule has 0 spiro atoms. The second-order valence-corrected chi connectivity index (χ2v) is 5.66. The number of fused-ring (bicyclic) bond motifs is 1. The quantitative estimate of drug-likeness (QED) is 0.757. The molecule has 0 aromatic carbocycles. The van der Waals surface area contributed by atoms with E-state index in [1.807, 2.05) is 20.8 Å². The molecular formula is C13H21N3O3. The fourth-order valence-electron chi connectivity index (χ4n) is 2.44. The van der Waals surface area contributed by atoms with Crippen molar-refractivity contribution in [1.29, 1.82) is 0 Å². The average Bonchev–Trinajstić information content (AvgIpc) is 2.89. The standard InChI is InChI=1S/C13H21N3O3/c1-8(2)9(3)14-11(17)7-16-12(18)10-5-4-6-15(10)13(16)19/h8-10H,4-7H2,1-3H3,(H,14,17). The van der Waals surface area contributed by atoms with Gasteiger partial charge in [-0.15, -0.1) is 0 Å². The van der Waals surface area contributed by atoms with Gasteiger partial charge in [0.1, 0.15) is 12.6 Å². The molecule has 19 heavy (non-hydrogen) atoms. The van der Waals surface area contributed by atoms with Crippen molar-refractivity contribution in [3.05, 3.63) is 0 Å². The average molecular weight is 267 g/mol. The Balaban J connectivity index is 1.94. The molecule has 2 heterocycles. The highest BCUT2D eigenvalue weighted by molar-refractivity contribution is 6.06. The summed E-state index contributed by atoms with van der Waals surface area (Å²) in [5.41, 5.74) is 0. The molecule has 0 aromatic rings. The van der Waals surface area contributed by atoms with Gasteiger partial charge in [0.15, 0.2) is 0 Å². The van der Waals surface area contributed by atoms with E-state index in [1.54, 1.807) is 4.90 Å². The molecule has 6 heteroatoms. The zero-order valence-electron chi connectivity index (χ0n) is 11.7. The van der Waals surface area contributed by atoms with Gasteiger partial charge in [0, 0.05) is 12.6 Å². The van der Waals surface area contributed by atoms with Crippen LogP contribution >= 0.6 is 0 Å². The number of carbonyl (C=O) groups excluding carboxylic acids is 3. The van der Waals surface area contributed by atoms with Crippen LogP contribution in [0.1, 0.15) is 33.6 Å². The third-order valence-corrected chi connectivity index (χ3v) is 3.97. The predicted molar refractivity (Wildman–Crippen MR) is 69.3 cm³/mol. The molecule has 2 rings (SSSR count). The highest BCUT2D eigenvalue weighted by atomic mass is 16.2. The van der Waals surface area contributed by atoms with E-state index in [2.05, 4.69) is 5.32 Å². The molecule has 4 amide bonds. The Labute approximate surface area is 113 Å². The maximum atomic E-state index is 12.0. The van der Waals surface area contributed by atoms with Crippen molar-refractivity contribution in [2.75, 3.05) is 13.1 Å². The minimum absolute atomic E-state index is 0.0279. The van der Waals surface area contributed by atoms with E-state index in [1.165, 1.54) is 0 Å². The second-order valence-electron chi connectivity index (χ2n) is 5.66. The predicted octanol–water partition coefficient (Wildman–Crippen LogP) is 0.574.